The quantitative estimate of drug-likeness (QED) is 0.862. The molecule has 4 nitrogen and oxygen atoms in total. The number of likely N-dealkylation sites (tertiary alicyclic amines) is 1. The van der Waals surface area contributed by atoms with E-state index in [-0.39, 0.29) is 11.2 Å². The maximum atomic E-state index is 12.6. The van der Waals surface area contributed by atoms with Crippen LogP contribution in [0.4, 0.5) is 0 Å². The van der Waals surface area contributed by atoms with Crippen LogP contribution in [0.2, 0.25) is 0 Å². The summed E-state index contributed by atoms with van der Waals surface area (Å²) in [6.07, 6.45) is 1.47. The molecule has 1 saturated heterocycles. The highest BCUT2D eigenvalue weighted by molar-refractivity contribution is 8.00. The van der Waals surface area contributed by atoms with E-state index in [0.29, 0.717) is 25.8 Å². The maximum absolute atomic E-state index is 12.6. The molecule has 1 N–H and O–H groups in total. The number of benzene rings is 2. The van der Waals surface area contributed by atoms with Gasteiger partial charge in [0.25, 0.3) is 0 Å². The standard InChI is InChI=1S/C20H21NO3S/c22-19(12-11-15-7-3-1-4-8-15)21-14-17(13-18(21)20(23)24)25-16-9-5-2-6-10-16/h1-10,17-18H,11-14H2,(H,23,24)/t17-,18?/m1/s1. The first-order valence-electron chi connectivity index (χ1n) is 8.41. The summed E-state index contributed by atoms with van der Waals surface area (Å²) in [6.45, 7) is 0.490. The van der Waals surface area contributed by atoms with Crippen molar-refractivity contribution < 1.29 is 14.7 Å². The first-order valence-corrected chi connectivity index (χ1v) is 9.29. The summed E-state index contributed by atoms with van der Waals surface area (Å²) in [5, 5.41) is 9.61. The van der Waals surface area contributed by atoms with Gasteiger partial charge in [-0.05, 0) is 30.5 Å². The third-order valence-corrected chi connectivity index (χ3v) is 5.60. The number of carboxylic acid groups (broad SMARTS) is 1. The molecule has 2 atom stereocenters. The predicted octanol–water partition coefficient (Wildman–Crippen LogP) is 3.47. The number of carbonyl (C=O) groups is 2. The Bertz CT molecular complexity index is 720. The fourth-order valence-corrected chi connectivity index (χ4v) is 4.34. The van der Waals surface area contributed by atoms with Crippen LogP contribution >= 0.6 is 11.8 Å². The minimum absolute atomic E-state index is 0.0765. The van der Waals surface area contributed by atoms with E-state index in [1.54, 1.807) is 16.7 Å². The molecule has 0 bridgehead atoms. The van der Waals surface area contributed by atoms with Crippen LogP contribution in [-0.4, -0.2) is 39.7 Å². The fraction of sp³-hybridized carbons (Fsp3) is 0.300. The lowest BCUT2D eigenvalue weighted by atomic mass is 10.1. The van der Waals surface area contributed by atoms with Crippen LogP contribution in [0.3, 0.4) is 0 Å². The lowest BCUT2D eigenvalue weighted by Crippen LogP contribution is -2.40. The molecule has 1 unspecified atom stereocenters. The zero-order valence-corrected chi connectivity index (χ0v) is 14.7. The van der Waals surface area contributed by atoms with Gasteiger partial charge in [0.2, 0.25) is 5.91 Å². The summed E-state index contributed by atoms with van der Waals surface area (Å²) in [5.41, 5.74) is 1.09. The van der Waals surface area contributed by atoms with Crippen molar-refractivity contribution in [1.82, 2.24) is 4.90 Å². The monoisotopic (exact) mass is 355 g/mol. The maximum Gasteiger partial charge on any atom is 0.326 e. The Hall–Kier alpha value is -2.27. The number of rotatable bonds is 6. The van der Waals surface area contributed by atoms with Gasteiger partial charge in [-0.15, -0.1) is 11.8 Å². The Morgan fingerprint density at radius 3 is 2.32 bits per heavy atom. The van der Waals surface area contributed by atoms with Gasteiger partial charge in [0.1, 0.15) is 6.04 Å². The molecule has 0 aromatic heterocycles. The van der Waals surface area contributed by atoms with Gasteiger partial charge in [0.05, 0.1) is 0 Å². The van der Waals surface area contributed by atoms with E-state index in [4.69, 9.17) is 0 Å². The Morgan fingerprint density at radius 1 is 1.04 bits per heavy atom. The second-order valence-electron chi connectivity index (χ2n) is 6.17. The van der Waals surface area contributed by atoms with Crippen molar-refractivity contribution in [1.29, 1.82) is 0 Å². The van der Waals surface area contributed by atoms with Crippen molar-refractivity contribution in [2.75, 3.05) is 6.54 Å². The Labute approximate surface area is 151 Å². The molecule has 0 radical (unpaired) electrons. The normalized spacial score (nSPS) is 19.8. The number of carboxylic acids is 1. The molecule has 130 valence electrons. The smallest absolute Gasteiger partial charge is 0.326 e. The zero-order chi connectivity index (χ0) is 17.6. The third kappa shape index (κ3) is 4.63. The largest absolute Gasteiger partial charge is 0.480 e. The second-order valence-corrected chi connectivity index (χ2v) is 7.55. The number of hydrogen-bond donors (Lipinski definition) is 1. The highest BCUT2D eigenvalue weighted by Crippen LogP contribution is 2.33. The number of aryl methyl sites for hydroxylation is 1. The predicted molar refractivity (Wildman–Crippen MR) is 98.6 cm³/mol. The Morgan fingerprint density at radius 2 is 1.68 bits per heavy atom. The third-order valence-electron chi connectivity index (χ3n) is 4.38. The lowest BCUT2D eigenvalue weighted by molar-refractivity contribution is -0.148. The van der Waals surface area contributed by atoms with E-state index >= 15 is 0 Å². The van der Waals surface area contributed by atoms with E-state index in [1.807, 2.05) is 60.7 Å². The van der Waals surface area contributed by atoms with Crippen LogP contribution in [0.5, 0.6) is 0 Å². The molecular weight excluding hydrogens is 334 g/mol. The number of hydrogen-bond acceptors (Lipinski definition) is 3. The van der Waals surface area contributed by atoms with Crippen LogP contribution in [0.25, 0.3) is 0 Å². The molecule has 5 heteroatoms. The topological polar surface area (TPSA) is 57.6 Å². The summed E-state index contributed by atoms with van der Waals surface area (Å²) in [4.78, 5) is 26.8. The minimum atomic E-state index is -0.913. The molecule has 0 saturated carbocycles. The van der Waals surface area contributed by atoms with Crippen LogP contribution in [-0.2, 0) is 16.0 Å². The number of aliphatic carboxylic acids is 1. The SMILES string of the molecule is O=C(O)C1C[C@@H](Sc2ccccc2)CN1C(=O)CCc1ccccc1. The van der Waals surface area contributed by atoms with Gasteiger partial charge in [-0.1, -0.05) is 48.5 Å². The molecule has 3 rings (SSSR count). The summed E-state index contributed by atoms with van der Waals surface area (Å²) in [6, 6.07) is 19.0. The average molecular weight is 355 g/mol. The molecule has 0 aliphatic carbocycles. The van der Waals surface area contributed by atoms with Crippen LogP contribution in [0.1, 0.15) is 18.4 Å². The van der Waals surface area contributed by atoms with Gasteiger partial charge < -0.3 is 10.0 Å². The van der Waals surface area contributed by atoms with E-state index in [2.05, 4.69) is 0 Å². The van der Waals surface area contributed by atoms with Crippen LogP contribution in [0.15, 0.2) is 65.6 Å². The number of thioether (sulfide) groups is 1. The van der Waals surface area contributed by atoms with Crippen LogP contribution in [0, 0.1) is 0 Å². The lowest BCUT2D eigenvalue weighted by Gasteiger charge is -2.21. The van der Waals surface area contributed by atoms with Crippen LogP contribution < -0.4 is 0 Å². The van der Waals surface area contributed by atoms with Crippen molar-refractivity contribution in [2.24, 2.45) is 0 Å². The van der Waals surface area contributed by atoms with Crippen molar-refractivity contribution in [3.05, 3.63) is 66.2 Å². The van der Waals surface area contributed by atoms with Crippen molar-refractivity contribution in [2.45, 2.75) is 35.4 Å². The average Bonchev–Trinajstić information content (AvgIpc) is 3.06. The molecule has 2 aromatic carbocycles. The number of carbonyl (C=O) groups excluding carboxylic acids is 1. The van der Waals surface area contributed by atoms with E-state index < -0.39 is 12.0 Å². The van der Waals surface area contributed by atoms with Gasteiger partial charge >= 0.3 is 5.97 Å². The van der Waals surface area contributed by atoms with Gasteiger partial charge in [-0.3, -0.25) is 4.79 Å². The Balaban J connectivity index is 1.62. The molecular formula is C20H21NO3S. The van der Waals surface area contributed by atoms with Crippen molar-refractivity contribution in [3.63, 3.8) is 0 Å². The highest BCUT2D eigenvalue weighted by Gasteiger charge is 2.39. The molecule has 1 heterocycles. The Kier molecular flexibility index (Phi) is 5.76. The highest BCUT2D eigenvalue weighted by atomic mass is 32.2. The summed E-state index contributed by atoms with van der Waals surface area (Å²) in [7, 11) is 0. The fourth-order valence-electron chi connectivity index (χ4n) is 3.12. The summed E-state index contributed by atoms with van der Waals surface area (Å²) < 4.78 is 0. The summed E-state index contributed by atoms with van der Waals surface area (Å²) in [5.74, 6) is -0.989. The molecule has 2 aromatic rings. The van der Waals surface area contributed by atoms with Crippen molar-refractivity contribution in [3.8, 4) is 0 Å². The molecule has 25 heavy (non-hydrogen) atoms. The van der Waals surface area contributed by atoms with Gasteiger partial charge in [-0.2, -0.15) is 0 Å². The number of nitrogens with zero attached hydrogens (tertiary/aromatic N) is 1. The van der Waals surface area contributed by atoms with E-state index in [9.17, 15) is 14.7 Å². The molecule has 1 aliphatic rings. The molecule has 1 fully saturated rings. The van der Waals surface area contributed by atoms with E-state index in [1.165, 1.54) is 0 Å². The van der Waals surface area contributed by atoms with Gasteiger partial charge in [0, 0.05) is 23.1 Å². The van der Waals surface area contributed by atoms with E-state index in [0.717, 1.165) is 10.5 Å². The zero-order valence-electron chi connectivity index (χ0n) is 13.9. The first-order chi connectivity index (χ1) is 12.1. The molecule has 0 spiro atoms. The first kappa shape index (κ1) is 17.5. The molecule has 1 amide bonds. The number of amides is 1. The minimum Gasteiger partial charge on any atom is -0.480 e. The summed E-state index contributed by atoms with van der Waals surface area (Å²) >= 11 is 1.65. The van der Waals surface area contributed by atoms with Gasteiger partial charge in [0.15, 0.2) is 0 Å². The molecule has 1 aliphatic heterocycles. The second kappa shape index (κ2) is 8.21. The van der Waals surface area contributed by atoms with Crippen molar-refractivity contribution >= 4 is 23.6 Å². The van der Waals surface area contributed by atoms with Gasteiger partial charge in [-0.25, -0.2) is 4.79 Å².